The second kappa shape index (κ2) is 9.59. The molecule has 2 heterocycles. The van der Waals surface area contributed by atoms with Gasteiger partial charge in [0.1, 0.15) is 12.4 Å². The van der Waals surface area contributed by atoms with Gasteiger partial charge in [-0.25, -0.2) is 13.1 Å². The Hall–Kier alpha value is -3.44. The van der Waals surface area contributed by atoms with Gasteiger partial charge in [0.25, 0.3) is 0 Å². The SMILES string of the molecule is CC(=O)c1cccc(S(=O)(=O)N2CCN(C(=O)C(Cc3ccccc3)n3cnnn3)CC2)c1. The van der Waals surface area contributed by atoms with E-state index in [1.165, 1.54) is 34.4 Å². The largest absolute Gasteiger partial charge is 0.338 e. The van der Waals surface area contributed by atoms with Crippen molar-refractivity contribution in [2.24, 2.45) is 0 Å². The van der Waals surface area contributed by atoms with Crippen LogP contribution in [-0.2, 0) is 21.2 Å². The summed E-state index contributed by atoms with van der Waals surface area (Å²) in [6.07, 6.45) is 1.83. The van der Waals surface area contributed by atoms with E-state index >= 15 is 0 Å². The molecule has 1 aliphatic rings. The van der Waals surface area contributed by atoms with Crippen LogP contribution in [0.3, 0.4) is 0 Å². The molecular formula is C22H24N6O4S. The van der Waals surface area contributed by atoms with Crippen molar-refractivity contribution in [1.29, 1.82) is 0 Å². The number of ketones is 1. The number of Topliss-reactive ketones (excluding diaryl/α,β-unsaturated/α-hetero) is 1. The Balaban J connectivity index is 1.47. The van der Waals surface area contributed by atoms with Crippen molar-refractivity contribution in [3.63, 3.8) is 0 Å². The van der Waals surface area contributed by atoms with Crippen LogP contribution in [0, 0.1) is 0 Å². The third kappa shape index (κ3) is 4.99. The van der Waals surface area contributed by atoms with Gasteiger partial charge in [-0.2, -0.15) is 4.31 Å². The van der Waals surface area contributed by atoms with Gasteiger partial charge in [0.05, 0.1) is 4.90 Å². The molecular weight excluding hydrogens is 444 g/mol. The second-order valence-corrected chi connectivity index (χ2v) is 9.75. The Bertz CT molecular complexity index is 1220. The highest BCUT2D eigenvalue weighted by atomic mass is 32.2. The predicted molar refractivity (Wildman–Crippen MR) is 119 cm³/mol. The van der Waals surface area contributed by atoms with Crippen molar-refractivity contribution >= 4 is 21.7 Å². The van der Waals surface area contributed by atoms with Crippen molar-refractivity contribution < 1.29 is 18.0 Å². The van der Waals surface area contributed by atoms with E-state index in [0.29, 0.717) is 12.0 Å². The van der Waals surface area contributed by atoms with Crippen molar-refractivity contribution in [1.82, 2.24) is 29.4 Å². The highest BCUT2D eigenvalue weighted by Crippen LogP contribution is 2.22. The zero-order valence-corrected chi connectivity index (χ0v) is 18.9. The first-order valence-electron chi connectivity index (χ1n) is 10.5. The summed E-state index contributed by atoms with van der Waals surface area (Å²) in [6.45, 7) is 2.21. The number of nitrogens with zero attached hydrogens (tertiary/aromatic N) is 6. The number of benzene rings is 2. The molecule has 1 unspecified atom stereocenters. The highest BCUT2D eigenvalue weighted by molar-refractivity contribution is 7.89. The lowest BCUT2D eigenvalue weighted by Gasteiger charge is -2.35. The summed E-state index contributed by atoms with van der Waals surface area (Å²) in [7, 11) is -3.77. The number of hydrogen-bond acceptors (Lipinski definition) is 7. The molecule has 0 radical (unpaired) electrons. The lowest BCUT2D eigenvalue weighted by atomic mass is 10.0. The molecule has 10 nitrogen and oxygen atoms in total. The first-order chi connectivity index (χ1) is 15.9. The van der Waals surface area contributed by atoms with E-state index in [0.717, 1.165) is 5.56 Å². The van der Waals surface area contributed by atoms with Crippen molar-refractivity contribution in [3.05, 3.63) is 72.1 Å². The molecule has 1 fully saturated rings. The lowest BCUT2D eigenvalue weighted by molar-refractivity contribution is -0.136. The van der Waals surface area contributed by atoms with Gasteiger partial charge in [-0.15, -0.1) is 5.10 Å². The van der Waals surface area contributed by atoms with Crippen molar-refractivity contribution in [2.75, 3.05) is 26.2 Å². The summed E-state index contributed by atoms with van der Waals surface area (Å²) in [6, 6.07) is 15.0. The number of tetrazole rings is 1. The maximum absolute atomic E-state index is 13.4. The summed E-state index contributed by atoms with van der Waals surface area (Å²) >= 11 is 0. The van der Waals surface area contributed by atoms with E-state index in [1.807, 2.05) is 30.3 Å². The summed E-state index contributed by atoms with van der Waals surface area (Å²) < 4.78 is 28.9. The van der Waals surface area contributed by atoms with Gasteiger partial charge in [-0.3, -0.25) is 9.59 Å². The zero-order valence-electron chi connectivity index (χ0n) is 18.1. The van der Waals surface area contributed by atoms with Crippen LogP contribution in [0.5, 0.6) is 0 Å². The standard InChI is InChI=1S/C22H24N6O4S/c1-17(29)19-8-5-9-20(15-19)33(31,32)27-12-10-26(11-13-27)22(30)21(28-16-23-24-25-28)14-18-6-3-2-4-7-18/h2-9,15-16,21H,10-14H2,1H3. The molecule has 0 spiro atoms. The van der Waals surface area contributed by atoms with Crippen LogP contribution in [-0.4, -0.2) is 75.7 Å². The number of aromatic nitrogens is 4. The molecule has 0 N–H and O–H groups in total. The molecule has 0 aliphatic carbocycles. The Kier molecular flexibility index (Phi) is 6.61. The molecule has 1 amide bonds. The molecule has 1 aromatic heterocycles. The first-order valence-corrected chi connectivity index (χ1v) is 12.0. The first kappa shape index (κ1) is 22.7. The minimum atomic E-state index is -3.77. The fraction of sp³-hybridized carbons (Fsp3) is 0.318. The molecule has 1 atom stereocenters. The van der Waals surface area contributed by atoms with Crippen molar-refractivity contribution in [3.8, 4) is 0 Å². The summed E-state index contributed by atoms with van der Waals surface area (Å²) in [5, 5.41) is 11.2. The fourth-order valence-corrected chi connectivity index (χ4v) is 5.30. The summed E-state index contributed by atoms with van der Waals surface area (Å²) in [5.41, 5.74) is 1.31. The van der Waals surface area contributed by atoms with E-state index in [9.17, 15) is 18.0 Å². The Morgan fingerprint density at radius 3 is 2.36 bits per heavy atom. The minimum absolute atomic E-state index is 0.0746. The number of carbonyl (C=O) groups excluding carboxylic acids is 2. The molecule has 1 saturated heterocycles. The van der Waals surface area contributed by atoms with Gasteiger partial charge >= 0.3 is 0 Å². The van der Waals surface area contributed by atoms with E-state index in [1.54, 1.807) is 17.0 Å². The van der Waals surface area contributed by atoms with E-state index in [4.69, 9.17) is 0 Å². The van der Waals surface area contributed by atoms with Crippen molar-refractivity contribution in [2.45, 2.75) is 24.3 Å². The topological polar surface area (TPSA) is 118 Å². The van der Waals surface area contributed by atoms with Gasteiger partial charge in [0.15, 0.2) is 5.78 Å². The summed E-state index contributed by atoms with van der Waals surface area (Å²) in [5.74, 6) is -0.365. The van der Waals surface area contributed by atoms with E-state index in [2.05, 4.69) is 15.5 Å². The molecule has 11 heteroatoms. The smallest absolute Gasteiger partial charge is 0.248 e. The molecule has 33 heavy (non-hydrogen) atoms. The van der Waals surface area contributed by atoms with Crippen LogP contribution in [0.1, 0.15) is 28.9 Å². The van der Waals surface area contributed by atoms with Gasteiger partial charge in [0, 0.05) is 38.2 Å². The number of sulfonamides is 1. The minimum Gasteiger partial charge on any atom is -0.338 e. The average Bonchev–Trinajstić information content (AvgIpc) is 3.37. The molecule has 2 aromatic carbocycles. The van der Waals surface area contributed by atoms with E-state index in [-0.39, 0.29) is 42.8 Å². The van der Waals surface area contributed by atoms with Gasteiger partial charge in [-0.1, -0.05) is 42.5 Å². The molecule has 4 rings (SSSR count). The molecule has 172 valence electrons. The Morgan fingerprint density at radius 2 is 1.73 bits per heavy atom. The number of amides is 1. The number of carbonyl (C=O) groups is 2. The number of piperazine rings is 1. The number of rotatable bonds is 7. The maximum atomic E-state index is 13.4. The monoisotopic (exact) mass is 468 g/mol. The van der Waals surface area contributed by atoms with Gasteiger partial charge < -0.3 is 4.90 Å². The van der Waals surface area contributed by atoms with Gasteiger partial charge in [0.2, 0.25) is 15.9 Å². The zero-order chi connectivity index (χ0) is 23.4. The molecule has 3 aromatic rings. The van der Waals surface area contributed by atoms with Crippen LogP contribution in [0.4, 0.5) is 0 Å². The predicted octanol–water partition coefficient (Wildman–Crippen LogP) is 1.19. The third-order valence-corrected chi connectivity index (χ3v) is 7.56. The quantitative estimate of drug-likeness (QED) is 0.478. The normalized spacial score (nSPS) is 15.8. The van der Waals surface area contributed by atoms with Crippen LogP contribution in [0.25, 0.3) is 0 Å². The third-order valence-electron chi connectivity index (χ3n) is 5.67. The molecule has 1 aliphatic heterocycles. The highest BCUT2D eigenvalue weighted by Gasteiger charge is 2.34. The average molecular weight is 469 g/mol. The maximum Gasteiger partial charge on any atom is 0.248 e. The Labute approximate surface area is 191 Å². The van der Waals surface area contributed by atoms with Crippen LogP contribution < -0.4 is 0 Å². The second-order valence-electron chi connectivity index (χ2n) is 7.81. The molecule has 0 saturated carbocycles. The van der Waals surface area contributed by atoms with Crippen LogP contribution in [0.15, 0.2) is 65.8 Å². The van der Waals surface area contributed by atoms with Crippen LogP contribution >= 0.6 is 0 Å². The lowest BCUT2D eigenvalue weighted by Crippen LogP contribution is -2.52. The number of hydrogen-bond donors (Lipinski definition) is 0. The van der Waals surface area contributed by atoms with Crippen LogP contribution in [0.2, 0.25) is 0 Å². The molecule has 0 bridgehead atoms. The van der Waals surface area contributed by atoms with E-state index < -0.39 is 16.1 Å². The van der Waals surface area contributed by atoms with Gasteiger partial charge in [-0.05, 0) is 35.0 Å². The summed E-state index contributed by atoms with van der Waals surface area (Å²) in [4.78, 5) is 26.7. The Morgan fingerprint density at radius 1 is 1.00 bits per heavy atom. The fourth-order valence-electron chi connectivity index (χ4n) is 3.83.